The first kappa shape index (κ1) is 10.6. The Morgan fingerprint density at radius 2 is 2.00 bits per heavy atom. The van der Waals surface area contributed by atoms with Crippen molar-refractivity contribution in [1.82, 2.24) is 4.98 Å². The Morgan fingerprint density at radius 3 is 2.57 bits per heavy atom. The Labute approximate surface area is 82.8 Å². The lowest BCUT2D eigenvalue weighted by Crippen LogP contribution is -2.23. The molecule has 0 aliphatic heterocycles. The number of H-pyrrole nitrogens is 1. The molecule has 0 amide bonds. The normalized spacial score (nSPS) is 12.7. The van der Waals surface area contributed by atoms with Gasteiger partial charge < -0.3 is 10.1 Å². The lowest BCUT2D eigenvalue weighted by atomic mass is 10.2. The predicted octanol–water partition coefficient (Wildman–Crippen LogP) is 1.09. The van der Waals surface area contributed by atoms with Crippen molar-refractivity contribution in [2.75, 3.05) is 0 Å². The zero-order valence-corrected chi connectivity index (χ0v) is 8.50. The van der Waals surface area contributed by atoms with Crippen molar-refractivity contribution >= 4 is 18.1 Å². The van der Waals surface area contributed by atoms with Gasteiger partial charge >= 0.3 is 5.97 Å². The third kappa shape index (κ3) is 2.05. The van der Waals surface area contributed by atoms with Gasteiger partial charge in [-0.05, 0) is 24.1 Å². The van der Waals surface area contributed by atoms with E-state index in [4.69, 9.17) is 5.11 Å². The summed E-state index contributed by atoms with van der Waals surface area (Å²) in [6, 6.07) is 1.67. The Morgan fingerprint density at radius 1 is 1.36 bits per heavy atom. The second kappa shape index (κ2) is 4.65. The van der Waals surface area contributed by atoms with E-state index >= 15 is 0 Å². The van der Waals surface area contributed by atoms with Gasteiger partial charge in [0.05, 0.1) is 0 Å². The summed E-state index contributed by atoms with van der Waals surface area (Å²) >= 11 is 0. The van der Waals surface area contributed by atoms with Crippen LogP contribution in [0.3, 0.4) is 0 Å². The molecule has 0 aromatic carbocycles. The molecule has 1 heterocycles. The van der Waals surface area contributed by atoms with E-state index in [-0.39, 0.29) is 5.69 Å². The third-order valence-electron chi connectivity index (χ3n) is 1.99. The highest BCUT2D eigenvalue weighted by Gasteiger charge is 2.05. The first-order valence-corrected chi connectivity index (χ1v) is 4.90. The van der Waals surface area contributed by atoms with Gasteiger partial charge in [0, 0.05) is 5.35 Å². The van der Waals surface area contributed by atoms with Crippen molar-refractivity contribution in [3.63, 3.8) is 0 Å². The average Bonchev–Trinajstić information content (AvgIpc) is 2.64. The molecule has 2 rings (SSSR count). The van der Waals surface area contributed by atoms with Crippen molar-refractivity contribution < 1.29 is 9.90 Å². The van der Waals surface area contributed by atoms with Crippen molar-refractivity contribution in [2.24, 2.45) is 0 Å². The number of aromatic amines is 1. The molecule has 0 radical (unpaired) electrons. The fraction of sp³-hybridized carbons (Fsp3) is 0.364. The summed E-state index contributed by atoms with van der Waals surface area (Å²) in [4.78, 5) is 13.4. The number of rotatable bonds is 1. The van der Waals surface area contributed by atoms with Crippen LogP contribution in [0.5, 0.6) is 0 Å². The lowest BCUT2D eigenvalue weighted by Gasteiger charge is -1.91. The van der Waals surface area contributed by atoms with E-state index in [1.165, 1.54) is 0 Å². The smallest absolute Gasteiger partial charge is 0.352 e. The minimum absolute atomic E-state index is 0.273. The second-order valence-electron chi connectivity index (χ2n) is 2.84. The molecule has 1 aromatic heterocycles. The summed E-state index contributed by atoms with van der Waals surface area (Å²) in [7, 11) is 0. The molecule has 0 saturated heterocycles. The molecule has 0 bridgehead atoms. The highest BCUT2D eigenvalue weighted by molar-refractivity contribution is 5.85. The highest BCUT2D eigenvalue weighted by atomic mass is 16.4. The number of carboxylic acids is 1. The van der Waals surface area contributed by atoms with E-state index in [0.29, 0.717) is 0 Å². The molecule has 3 nitrogen and oxygen atoms in total. The van der Waals surface area contributed by atoms with Crippen molar-refractivity contribution in [3.8, 4) is 0 Å². The van der Waals surface area contributed by atoms with Gasteiger partial charge in [0.1, 0.15) is 5.69 Å². The Bertz CT molecular complexity index is 395. The molecule has 76 valence electrons. The van der Waals surface area contributed by atoms with Crippen LogP contribution < -0.4 is 10.6 Å². The molecule has 14 heavy (non-hydrogen) atoms. The molecular formula is C11H15NO2. The Balaban J connectivity index is 0.000000461. The Kier molecular flexibility index (Phi) is 3.51. The van der Waals surface area contributed by atoms with Crippen molar-refractivity contribution in [1.29, 1.82) is 0 Å². The van der Waals surface area contributed by atoms with E-state index in [1.807, 2.05) is 19.9 Å². The number of carbonyl (C=O) groups is 1. The van der Waals surface area contributed by atoms with Gasteiger partial charge in [-0.3, -0.25) is 0 Å². The maximum Gasteiger partial charge on any atom is 0.352 e. The SMILES string of the molecule is CC.O=C(O)c1cc2c([nH]1)=CCCC=2. The second-order valence-corrected chi connectivity index (χ2v) is 2.84. The van der Waals surface area contributed by atoms with Crippen LogP contribution in [-0.4, -0.2) is 16.1 Å². The fourth-order valence-electron chi connectivity index (χ4n) is 1.41. The molecule has 0 unspecified atom stereocenters. The van der Waals surface area contributed by atoms with Crippen LogP contribution in [0, 0.1) is 0 Å². The van der Waals surface area contributed by atoms with Crippen molar-refractivity contribution in [2.45, 2.75) is 26.7 Å². The number of hydrogen-bond donors (Lipinski definition) is 2. The molecule has 0 saturated carbocycles. The summed E-state index contributed by atoms with van der Waals surface area (Å²) < 4.78 is 0. The van der Waals surface area contributed by atoms with E-state index in [0.717, 1.165) is 23.4 Å². The number of nitrogens with one attached hydrogen (secondary N) is 1. The van der Waals surface area contributed by atoms with Crippen LogP contribution in [0.4, 0.5) is 0 Å². The van der Waals surface area contributed by atoms with Crippen LogP contribution in [0.15, 0.2) is 6.07 Å². The summed E-state index contributed by atoms with van der Waals surface area (Å²) in [5.41, 5.74) is 0.273. The molecule has 2 N–H and O–H groups in total. The molecule has 0 spiro atoms. The number of hydrogen-bond acceptors (Lipinski definition) is 1. The topological polar surface area (TPSA) is 53.1 Å². The largest absolute Gasteiger partial charge is 0.477 e. The maximum absolute atomic E-state index is 10.6. The van der Waals surface area contributed by atoms with Gasteiger partial charge in [-0.1, -0.05) is 26.0 Å². The number of aromatic nitrogens is 1. The number of carboxylic acid groups (broad SMARTS) is 1. The Hall–Kier alpha value is -1.51. The molecule has 1 aromatic rings. The molecule has 0 fully saturated rings. The van der Waals surface area contributed by atoms with E-state index in [1.54, 1.807) is 6.07 Å². The van der Waals surface area contributed by atoms with Crippen LogP contribution in [0.2, 0.25) is 0 Å². The first-order valence-electron chi connectivity index (χ1n) is 4.90. The summed E-state index contributed by atoms with van der Waals surface area (Å²) in [6.45, 7) is 4.00. The van der Waals surface area contributed by atoms with Gasteiger partial charge in [-0.2, -0.15) is 0 Å². The van der Waals surface area contributed by atoms with Gasteiger partial charge in [0.15, 0.2) is 0 Å². The molecule has 1 aliphatic rings. The van der Waals surface area contributed by atoms with Crippen LogP contribution in [0.1, 0.15) is 37.2 Å². The summed E-state index contributed by atoms with van der Waals surface area (Å²) in [5, 5.41) is 10.6. The number of aromatic carboxylic acids is 1. The maximum atomic E-state index is 10.6. The standard InChI is InChI=1S/C9H9NO2.C2H6/c11-9(12)8-5-6-3-1-2-4-7(6)10-8;1-2/h3-5,10H,1-2H2,(H,11,12);1-2H3. The molecule has 3 heteroatoms. The monoisotopic (exact) mass is 193 g/mol. The summed E-state index contributed by atoms with van der Waals surface area (Å²) in [6.07, 6.45) is 6.08. The van der Waals surface area contributed by atoms with E-state index in [2.05, 4.69) is 11.1 Å². The molecule has 0 atom stereocenters. The zero-order valence-electron chi connectivity index (χ0n) is 8.50. The first-order chi connectivity index (χ1) is 6.77. The van der Waals surface area contributed by atoms with Gasteiger partial charge in [0.2, 0.25) is 0 Å². The molecule has 1 aliphatic carbocycles. The third-order valence-corrected chi connectivity index (χ3v) is 1.99. The van der Waals surface area contributed by atoms with E-state index in [9.17, 15) is 4.79 Å². The van der Waals surface area contributed by atoms with Gasteiger partial charge in [-0.15, -0.1) is 0 Å². The minimum Gasteiger partial charge on any atom is -0.477 e. The minimum atomic E-state index is -0.897. The van der Waals surface area contributed by atoms with Crippen LogP contribution in [-0.2, 0) is 0 Å². The zero-order chi connectivity index (χ0) is 10.6. The fourth-order valence-corrected chi connectivity index (χ4v) is 1.41. The highest BCUT2D eigenvalue weighted by Crippen LogP contribution is 1.95. The van der Waals surface area contributed by atoms with Crippen LogP contribution >= 0.6 is 0 Å². The van der Waals surface area contributed by atoms with Gasteiger partial charge in [0.25, 0.3) is 0 Å². The average molecular weight is 193 g/mol. The van der Waals surface area contributed by atoms with E-state index < -0.39 is 5.97 Å². The van der Waals surface area contributed by atoms with Crippen LogP contribution in [0.25, 0.3) is 12.2 Å². The van der Waals surface area contributed by atoms with Gasteiger partial charge in [-0.25, -0.2) is 4.79 Å². The van der Waals surface area contributed by atoms with Crippen molar-refractivity contribution in [3.05, 3.63) is 22.3 Å². The predicted molar refractivity (Wildman–Crippen MR) is 56.5 cm³/mol. The molecular weight excluding hydrogens is 178 g/mol. The number of fused-ring (bicyclic) bond motifs is 1. The lowest BCUT2D eigenvalue weighted by molar-refractivity contribution is 0.0691. The quantitative estimate of drug-likeness (QED) is 0.701. The summed E-state index contributed by atoms with van der Waals surface area (Å²) in [5.74, 6) is -0.897.